The van der Waals surface area contributed by atoms with Crippen LogP contribution >= 0.6 is 0 Å². The number of nitrogens with one attached hydrogen (secondary N) is 2. The van der Waals surface area contributed by atoms with Crippen molar-refractivity contribution < 1.29 is 19.5 Å². The number of carboxylic acid groups (broad SMARTS) is 1. The monoisotopic (exact) mass is 304 g/mol. The largest absolute Gasteiger partial charge is 0.480 e. The van der Waals surface area contributed by atoms with Crippen molar-refractivity contribution in [3.05, 3.63) is 42.0 Å². The molecule has 0 saturated heterocycles. The van der Waals surface area contributed by atoms with Gasteiger partial charge < -0.3 is 15.7 Å². The van der Waals surface area contributed by atoms with Crippen molar-refractivity contribution in [3.8, 4) is 0 Å². The van der Waals surface area contributed by atoms with Crippen molar-refractivity contribution in [1.82, 2.24) is 10.6 Å². The minimum Gasteiger partial charge on any atom is -0.480 e. The first-order valence-corrected chi connectivity index (χ1v) is 6.94. The summed E-state index contributed by atoms with van der Waals surface area (Å²) in [5.41, 5.74) is 0.821. The molecule has 0 fully saturated rings. The molecule has 6 heteroatoms. The first-order valence-electron chi connectivity index (χ1n) is 6.94. The lowest BCUT2D eigenvalue weighted by Crippen LogP contribution is -2.44. The van der Waals surface area contributed by atoms with Gasteiger partial charge in [0.25, 0.3) is 0 Å². The van der Waals surface area contributed by atoms with Crippen LogP contribution in [-0.2, 0) is 14.4 Å². The maximum Gasteiger partial charge on any atom is 0.326 e. The maximum absolute atomic E-state index is 11.7. The molecule has 1 atom stereocenters. The number of carboxylic acids is 1. The molecule has 22 heavy (non-hydrogen) atoms. The third kappa shape index (κ3) is 6.69. The molecular weight excluding hydrogens is 284 g/mol. The summed E-state index contributed by atoms with van der Waals surface area (Å²) in [5.74, 6) is -2.23. The average molecular weight is 304 g/mol. The highest BCUT2D eigenvalue weighted by molar-refractivity contribution is 5.95. The van der Waals surface area contributed by atoms with Crippen LogP contribution < -0.4 is 10.6 Å². The number of carbonyl (C=O) groups is 3. The molecule has 0 saturated carbocycles. The van der Waals surface area contributed by atoms with Crippen LogP contribution in [-0.4, -0.2) is 35.0 Å². The summed E-state index contributed by atoms with van der Waals surface area (Å²) in [6.07, 6.45) is 2.51. The highest BCUT2D eigenvalue weighted by Crippen LogP contribution is 2.01. The first kappa shape index (κ1) is 17.4. The molecule has 6 nitrogen and oxygen atoms in total. The van der Waals surface area contributed by atoms with Gasteiger partial charge in [-0.3, -0.25) is 9.59 Å². The molecular formula is C16H20N2O4. The summed E-state index contributed by atoms with van der Waals surface area (Å²) < 4.78 is 0. The molecule has 1 aromatic carbocycles. The number of rotatable bonds is 7. The zero-order valence-electron chi connectivity index (χ0n) is 12.6. The van der Waals surface area contributed by atoms with E-state index in [4.69, 9.17) is 5.11 Å². The topological polar surface area (TPSA) is 95.5 Å². The van der Waals surface area contributed by atoms with Crippen LogP contribution in [0.25, 0.3) is 6.08 Å². The fourth-order valence-electron chi connectivity index (χ4n) is 1.72. The van der Waals surface area contributed by atoms with E-state index in [9.17, 15) is 14.4 Å². The van der Waals surface area contributed by atoms with Crippen LogP contribution in [0.5, 0.6) is 0 Å². The Morgan fingerprint density at radius 1 is 1.14 bits per heavy atom. The molecule has 0 aliphatic heterocycles. The van der Waals surface area contributed by atoms with Crippen LogP contribution in [0.4, 0.5) is 0 Å². The third-order valence-corrected chi connectivity index (χ3v) is 2.68. The SMILES string of the molecule is CC(C)NC(=O)C[C@@H](NC(=O)/C=C/c1ccccc1)C(=O)O. The van der Waals surface area contributed by atoms with Crippen molar-refractivity contribution in [2.24, 2.45) is 0 Å². The molecule has 0 unspecified atom stereocenters. The summed E-state index contributed by atoms with van der Waals surface area (Å²) in [4.78, 5) is 34.4. The van der Waals surface area contributed by atoms with E-state index in [2.05, 4.69) is 10.6 Å². The number of hydrogen-bond donors (Lipinski definition) is 3. The van der Waals surface area contributed by atoms with E-state index in [0.29, 0.717) is 0 Å². The number of carbonyl (C=O) groups excluding carboxylic acids is 2. The van der Waals surface area contributed by atoms with Gasteiger partial charge in [0.05, 0.1) is 6.42 Å². The Kier molecular flexibility index (Phi) is 6.82. The Bertz CT molecular complexity index is 553. The molecule has 3 N–H and O–H groups in total. The van der Waals surface area contributed by atoms with E-state index in [-0.39, 0.29) is 12.5 Å². The van der Waals surface area contributed by atoms with E-state index in [1.54, 1.807) is 19.9 Å². The molecule has 0 spiro atoms. The summed E-state index contributed by atoms with van der Waals surface area (Å²) >= 11 is 0. The Morgan fingerprint density at radius 2 is 1.77 bits per heavy atom. The van der Waals surface area contributed by atoms with E-state index in [0.717, 1.165) is 5.56 Å². The molecule has 0 aromatic heterocycles. The minimum atomic E-state index is -1.26. The zero-order valence-corrected chi connectivity index (χ0v) is 12.6. The van der Waals surface area contributed by atoms with Crippen molar-refractivity contribution in [3.63, 3.8) is 0 Å². The fourth-order valence-corrected chi connectivity index (χ4v) is 1.72. The second-order valence-corrected chi connectivity index (χ2v) is 5.07. The minimum absolute atomic E-state index is 0.0874. The standard InChI is InChI=1S/C16H20N2O4/c1-11(2)17-15(20)10-13(16(21)22)18-14(19)9-8-12-6-4-3-5-7-12/h3-9,11,13H,10H2,1-2H3,(H,17,20)(H,18,19)(H,21,22)/b9-8+/t13-/m1/s1. The summed E-state index contributed by atoms with van der Waals surface area (Å²) in [6, 6.07) is 7.79. The highest BCUT2D eigenvalue weighted by atomic mass is 16.4. The number of aliphatic carboxylic acids is 1. The van der Waals surface area contributed by atoms with Crippen LogP contribution in [0.15, 0.2) is 36.4 Å². The van der Waals surface area contributed by atoms with Gasteiger partial charge in [0.2, 0.25) is 11.8 Å². The Balaban J connectivity index is 2.59. The molecule has 0 heterocycles. The summed E-state index contributed by atoms with van der Waals surface area (Å²) in [7, 11) is 0. The quantitative estimate of drug-likeness (QED) is 0.659. The van der Waals surface area contributed by atoms with Gasteiger partial charge in [0, 0.05) is 12.1 Å². The molecule has 0 radical (unpaired) electrons. The third-order valence-electron chi connectivity index (χ3n) is 2.68. The van der Waals surface area contributed by atoms with E-state index >= 15 is 0 Å². The molecule has 0 aliphatic rings. The zero-order chi connectivity index (χ0) is 16.5. The first-order chi connectivity index (χ1) is 10.4. The van der Waals surface area contributed by atoms with Gasteiger partial charge in [0.1, 0.15) is 6.04 Å². The molecule has 1 rings (SSSR count). The van der Waals surface area contributed by atoms with Gasteiger partial charge in [-0.15, -0.1) is 0 Å². The lowest BCUT2D eigenvalue weighted by atomic mass is 10.1. The van der Waals surface area contributed by atoms with Gasteiger partial charge in [0.15, 0.2) is 0 Å². The second-order valence-electron chi connectivity index (χ2n) is 5.07. The van der Waals surface area contributed by atoms with Crippen LogP contribution in [0.2, 0.25) is 0 Å². The highest BCUT2D eigenvalue weighted by Gasteiger charge is 2.22. The van der Waals surface area contributed by atoms with Crippen LogP contribution in [0, 0.1) is 0 Å². The van der Waals surface area contributed by atoms with Crippen LogP contribution in [0.3, 0.4) is 0 Å². The lowest BCUT2D eigenvalue weighted by molar-refractivity contribution is -0.143. The molecule has 0 aliphatic carbocycles. The summed E-state index contributed by atoms with van der Waals surface area (Å²) in [5, 5.41) is 14.0. The Hall–Kier alpha value is -2.63. The van der Waals surface area contributed by atoms with Gasteiger partial charge in [-0.1, -0.05) is 30.3 Å². The van der Waals surface area contributed by atoms with Crippen molar-refractivity contribution in [2.75, 3.05) is 0 Å². The van der Waals surface area contributed by atoms with E-state index < -0.39 is 23.8 Å². The predicted octanol–water partition coefficient (Wildman–Crippen LogP) is 1.18. The molecule has 1 aromatic rings. The second kappa shape index (κ2) is 8.61. The summed E-state index contributed by atoms with van der Waals surface area (Å²) in [6.45, 7) is 3.55. The Labute approximate surface area is 129 Å². The van der Waals surface area contributed by atoms with E-state index in [1.165, 1.54) is 6.08 Å². The van der Waals surface area contributed by atoms with Gasteiger partial charge in [-0.2, -0.15) is 0 Å². The van der Waals surface area contributed by atoms with Crippen LogP contribution in [0.1, 0.15) is 25.8 Å². The number of benzene rings is 1. The van der Waals surface area contributed by atoms with Crippen molar-refractivity contribution in [1.29, 1.82) is 0 Å². The van der Waals surface area contributed by atoms with Crippen molar-refractivity contribution in [2.45, 2.75) is 32.4 Å². The molecule has 118 valence electrons. The lowest BCUT2D eigenvalue weighted by Gasteiger charge is -2.14. The number of amides is 2. The number of hydrogen-bond acceptors (Lipinski definition) is 3. The average Bonchev–Trinajstić information content (AvgIpc) is 2.44. The predicted molar refractivity (Wildman–Crippen MR) is 82.9 cm³/mol. The maximum atomic E-state index is 11.7. The smallest absolute Gasteiger partial charge is 0.326 e. The van der Waals surface area contributed by atoms with Gasteiger partial charge in [-0.25, -0.2) is 4.79 Å². The Morgan fingerprint density at radius 3 is 2.32 bits per heavy atom. The van der Waals surface area contributed by atoms with E-state index in [1.807, 2.05) is 30.3 Å². The fraction of sp³-hybridized carbons (Fsp3) is 0.312. The normalized spacial score (nSPS) is 12.1. The van der Waals surface area contributed by atoms with Gasteiger partial charge >= 0.3 is 5.97 Å². The van der Waals surface area contributed by atoms with Crippen molar-refractivity contribution >= 4 is 23.9 Å². The van der Waals surface area contributed by atoms with Gasteiger partial charge in [-0.05, 0) is 25.5 Å². The molecule has 2 amide bonds. The molecule has 0 bridgehead atoms.